The highest BCUT2D eigenvalue weighted by Gasteiger charge is 2.15. The van der Waals surface area contributed by atoms with Gasteiger partial charge < -0.3 is 15.4 Å². The molecule has 2 aromatic rings. The predicted molar refractivity (Wildman–Crippen MR) is 81.8 cm³/mol. The number of hydrogen-bond donors (Lipinski definition) is 2. The van der Waals surface area contributed by atoms with Crippen LogP contribution in [0.3, 0.4) is 0 Å². The van der Waals surface area contributed by atoms with Gasteiger partial charge in [-0.1, -0.05) is 12.1 Å². The fourth-order valence-electron chi connectivity index (χ4n) is 2.19. The lowest BCUT2D eigenvalue weighted by atomic mass is 10.1. The number of amides is 2. The Balaban J connectivity index is 1.70. The van der Waals surface area contributed by atoms with E-state index >= 15 is 0 Å². The molecular formula is C16H15N3O3. The van der Waals surface area contributed by atoms with Crippen LogP contribution in [0.15, 0.2) is 42.6 Å². The van der Waals surface area contributed by atoms with E-state index in [0.717, 1.165) is 5.56 Å². The van der Waals surface area contributed by atoms with Gasteiger partial charge in [0.15, 0.2) is 0 Å². The molecule has 22 heavy (non-hydrogen) atoms. The standard InChI is InChI=1S/C16H15N3O3/c20-15-6-8-22-13-5-4-11(9-12(13)18-15)10-16(21)19-14-3-1-2-7-17-14/h1-5,7,9H,6,8,10H2,(H,18,20)(H,17,19,21). The molecule has 112 valence electrons. The van der Waals surface area contributed by atoms with E-state index in [0.29, 0.717) is 30.3 Å². The van der Waals surface area contributed by atoms with Crippen LogP contribution in [-0.2, 0) is 16.0 Å². The molecule has 6 nitrogen and oxygen atoms in total. The molecule has 1 aliphatic rings. The fourth-order valence-corrected chi connectivity index (χ4v) is 2.19. The predicted octanol–water partition coefficient (Wildman–Crippen LogP) is 1.98. The minimum absolute atomic E-state index is 0.0890. The third-order valence-electron chi connectivity index (χ3n) is 3.20. The summed E-state index contributed by atoms with van der Waals surface area (Å²) >= 11 is 0. The maximum Gasteiger partial charge on any atom is 0.229 e. The summed E-state index contributed by atoms with van der Waals surface area (Å²) in [7, 11) is 0. The molecule has 0 aliphatic carbocycles. The van der Waals surface area contributed by atoms with Crippen LogP contribution >= 0.6 is 0 Å². The molecular weight excluding hydrogens is 282 g/mol. The Morgan fingerprint density at radius 1 is 1.32 bits per heavy atom. The number of fused-ring (bicyclic) bond motifs is 1. The second-order valence-corrected chi connectivity index (χ2v) is 4.92. The SMILES string of the molecule is O=C(Cc1ccc2c(c1)NC(=O)CCO2)Nc1ccccn1. The van der Waals surface area contributed by atoms with Crippen molar-refractivity contribution in [3.63, 3.8) is 0 Å². The van der Waals surface area contributed by atoms with E-state index in [1.54, 1.807) is 36.5 Å². The van der Waals surface area contributed by atoms with E-state index in [4.69, 9.17) is 4.74 Å². The lowest BCUT2D eigenvalue weighted by Crippen LogP contribution is -2.15. The average molecular weight is 297 g/mol. The molecule has 0 bridgehead atoms. The van der Waals surface area contributed by atoms with E-state index in [9.17, 15) is 9.59 Å². The van der Waals surface area contributed by atoms with Gasteiger partial charge in [-0.2, -0.15) is 0 Å². The van der Waals surface area contributed by atoms with Crippen molar-refractivity contribution in [2.24, 2.45) is 0 Å². The van der Waals surface area contributed by atoms with Crippen molar-refractivity contribution in [3.8, 4) is 5.75 Å². The molecule has 0 radical (unpaired) electrons. The fraction of sp³-hybridized carbons (Fsp3) is 0.188. The first kappa shape index (κ1) is 14.1. The molecule has 0 saturated carbocycles. The number of rotatable bonds is 3. The minimum Gasteiger partial charge on any atom is -0.491 e. The summed E-state index contributed by atoms with van der Waals surface area (Å²) in [6.45, 7) is 0.359. The first-order valence-electron chi connectivity index (χ1n) is 6.97. The van der Waals surface area contributed by atoms with Crippen molar-refractivity contribution in [2.75, 3.05) is 17.2 Å². The van der Waals surface area contributed by atoms with Crippen LogP contribution < -0.4 is 15.4 Å². The number of hydrogen-bond acceptors (Lipinski definition) is 4. The number of carbonyl (C=O) groups excluding carboxylic acids is 2. The van der Waals surface area contributed by atoms with Crippen LogP contribution in [0.25, 0.3) is 0 Å². The Hall–Kier alpha value is -2.89. The van der Waals surface area contributed by atoms with Crippen molar-refractivity contribution in [1.82, 2.24) is 4.98 Å². The first-order valence-corrected chi connectivity index (χ1v) is 6.97. The van der Waals surface area contributed by atoms with E-state index in [1.807, 2.05) is 6.07 Å². The lowest BCUT2D eigenvalue weighted by Gasteiger charge is -2.09. The van der Waals surface area contributed by atoms with Gasteiger partial charge in [-0.25, -0.2) is 4.98 Å². The van der Waals surface area contributed by atoms with Crippen molar-refractivity contribution >= 4 is 23.3 Å². The van der Waals surface area contributed by atoms with Gasteiger partial charge >= 0.3 is 0 Å². The Kier molecular flexibility index (Phi) is 4.00. The van der Waals surface area contributed by atoms with Gasteiger partial charge in [0.1, 0.15) is 11.6 Å². The summed E-state index contributed by atoms with van der Waals surface area (Å²) in [6.07, 6.45) is 2.13. The number of benzene rings is 1. The summed E-state index contributed by atoms with van der Waals surface area (Å²) in [5.41, 5.74) is 1.39. The molecule has 2 N–H and O–H groups in total. The Morgan fingerprint density at radius 2 is 2.23 bits per heavy atom. The average Bonchev–Trinajstić information content (AvgIpc) is 2.68. The maximum atomic E-state index is 12.0. The third-order valence-corrected chi connectivity index (χ3v) is 3.20. The van der Waals surface area contributed by atoms with Gasteiger partial charge in [-0.05, 0) is 29.8 Å². The number of carbonyl (C=O) groups is 2. The maximum absolute atomic E-state index is 12.0. The molecule has 0 fully saturated rings. The summed E-state index contributed by atoms with van der Waals surface area (Å²) in [5, 5.41) is 5.50. The highest BCUT2D eigenvalue weighted by molar-refractivity contribution is 5.94. The highest BCUT2D eigenvalue weighted by atomic mass is 16.5. The Bertz CT molecular complexity index is 701. The number of nitrogens with one attached hydrogen (secondary N) is 2. The van der Waals surface area contributed by atoms with Crippen LogP contribution in [0, 0.1) is 0 Å². The lowest BCUT2D eigenvalue weighted by molar-refractivity contribution is -0.116. The van der Waals surface area contributed by atoms with Crippen LogP contribution in [-0.4, -0.2) is 23.4 Å². The largest absolute Gasteiger partial charge is 0.491 e. The zero-order chi connectivity index (χ0) is 15.4. The van der Waals surface area contributed by atoms with Gasteiger partial charge in [0.05, 0.1) is 25.1 Å². The van der Waals surface area contributed by atoms with E-state index < -0.39 is 0 Å². The number of pyridine rings is 1. The zero-order valence-corrected chi connectivity index (χ0v) is 11.8. The summed E-state index contributed by atoms with van der Waals surface area (Å²) in [6, 6.07) is 10.7. The quantitative estimate of drug-likeness (QED) is 0.908. The topological polar surface area (TPSA) is 80.3 Å². The van der Waals surface area contributed by atoms with Crippen molar-refractivity contribution in [2.45, 2.75) is 12.8 Å². The molecule has 6 heteroatoms. The van der Waals surface area contributed by atoms with Gasteiger partial charge in [0, 0.05) is 6.20 Å². The van der Waals surface area contributed by atoms with Gasteiger partial charge in [0.25, 0.3) is 0 Å². The number of aromatic nitrogens is 1. The van der Waals surface area contributed by atoms with Crippen LogP contribution in [0.1, 0.15) is 12.0 Å². The van der Waals surface area contributed by atoms with Crippen molar-refractivity contribution in [3.05, 3.63) is 48.2 Å². The normalized spacial score (nSPS) is 13.4. The molecule has 3 rings (SSSR count). The second-order valence-electron chi connectivity index (χ2n) is 4.92. The molecule has 1 aliphatic heterocycles. The van der Waals surface area contributed by atoms with E-state index in [2.05, 4.69) is 15.6 Å². The highest BCUT2D eigenvalue weighted by Crippen LogP contribution is 2.28. The molecule has 1 aromatic heterocycles. The summed E-state index contributed by atoms with van der Waals surface area (Å²) in [4.78, 5) is 27.6. The first-order chi connectivity index (χ1) is 10.7. The Morgan fingerprint density at radius 3 is 3.05 bits per heavy atom. The summed E-state index contributed by atoms with van der Waals surface area (Å²) < 4.78 is 5.48. The number of anilines is 2. The van der Waals surface area contributed by atoms with E-state index in [-0.39, 0.29) is 18.2 Å². The smallest absolute Gasteiger partial charge is 0.229 e. The third kappa shape index (κ3) is 3.41. The van der Waals surface area contributed by atoms with E-state index in [1.165, 1.54) is 0 Å². The molecule has 1 aromatic carbocycles. The molecule has 2 heterocycles. The van der Waals surface area contributed by atoms with Crippen molar-refractivity contribution in [1.29, 1.82) is 0 Å². The molecule has 0 atom stereocenters. The van der Waals surface area contributed by atoms with Gasteiger partial charge in [-0.3, -0.25) is 9.59 Å². The zero-order valence-electron chi connectivity index (χ0n) is 11.8. The van der Waals surface area contributed by atoms with Gasteiger partial charge in [-0.15, -0.1) is 0 Å². The Labute approximate surface area is 127 Å². The number of nitrogens with zero attached hydrogens (tertiary/aromatic N) is 1. The molecule has 0 saturated heterocycles. The van der Waals surface area contributed by atoms with Crippen LogP contribution in [0.4, 0.5) is 11.5 Å². The van der Waals surface area contributed by atoms with Crippen molar-refractivity contribution < 1.29 is 14.3 Å². The summed E-state index contributed by atoms with van der Waals surface area (Å²) in [5.74, 6) is 0.881. The number of ether oxygens (including phenoxy) is 1. The van der Waals surface area contributed by atoms with Gasteiger partial charge in [0.2, 0.25) is 11.8 Å². The molecule has 2 amide bonds. The monoisotopic (exact) mass is 297 g/mol. The molecule has 0 unspecified atom stereocenters. The van der Waals surface area contributed by atoms with Crippen LogP contribution in [0.2, 0.25) is 0 Å². The minimum atomic E-state index is -0.167. The molecule has 0 spiro atoms. The van der Waals surface area contributed by atoms with Crippen LogP contribution in [0.5, 0.6) is 5.75 Å². The second kappa shape index (κ2) is 6.26.